The lowest BCUT2D eigenvalue weighted by Crippen LogP contribution is -2.47. The van der Waals surface area contributed by atoms with Crippen molar-refractivity contribution in [2.24, 2.45) is 5.92 Å². The Kier molecular flexibility index (Phi) is 5.86. The minimum atomic E-state index is -0.0931. The standard InChI is InChI=1S/C23H26ClN3O3/c1-14-6-9-16(12-21(14)30-2)25-22(28)15-7-10-17(11-8-15)27-13-18-19(24)4-3-5-20(18)26-23(27)29/h3-6,9,12,15,17H,7-8,10-11,13H2,1-2H3,(H,25,28)(H,26,29). The Bertz CT molecular complexity index is 970. The van der Waals surface area contributed by atoms with Crippen molar-refractivity contribution in [3.8, 4) is 5.75 Å². The van der Waals surface area contributed by atoms with Crippen molar-refractivity contribution in [2.75, 3.05) is 17.7 Å². The van der Waals surface area contributed by atoms with E-state index in [2.05, 4.69) is 10.6 Å². The number of benzene rings is 2. The molecule has 0 spiro atoms. The van der Waals surface area contributed by atoms with Crippen LogP contribution in [0.2, 0.25) is 5.02 Å². The molecule has 2 aliphatic rings. The van der Waals surface area contributed by atoms with E-state index >= 15 is 0 Å². The molecule has 0 atom stereocenters. The average molecular weight is 428 g/mol. The molecule has 2 aromatic rings. The van der Waals surface area contributed by atoms with Crippen LogP contribution in [0.3, 0.4) is 0 Å². The summed E-state index contributed by atoms with van der Waals surface area (Å²) in [6.07, 6.45) is 3.09. The number of nitrogens with zero attached hydrogens (tertiary/aromatic N) is 1. The Morgan fingerprint density at radius 1 is 1.20 bits per heavy atom. The minimum absolute atomic E-state index is 0.0239. The number of anilines is 2. The highest BCUT2D eigenvalue weighted by atomic mass is 35.5. The number of nitrogens with one attached hydrogen (secondary N) is 2. The van der Waals surface area contributed by atoms with Crippen molar-refractivity contribution in [3.05, 3.63) is 52.5 Å². The van der Waals surface area contributed by atoms with Crippen LogP contribution < -0.4 is 15.4 Å². The number of aryl methyl sites for hydroxylation is 1. The molecule has 0 aromatic heterocycles. The molecular weight excluding hydrogens is 402 g/mol. The van der Waals surface area contributed by atoms with Gasteiger partial charge in [0.1, 0.15) is 5.75 Å². The Morgan fingerprint density at radius 2 is 1.97 bits per heavy atom. The van der Waals surface area contributed by atoms with Crippen molar-refractivity contribution >= 4 is 34.9 Å². The molecule has 4 rings (SSSR count). The maximum atomic E-state index is 12.7. The van der Waals surface area contributed by atoms with Gasteiger partial charge in [0.2, 0.25) is 5.91 Å². The third-order valence-corrected chi connectivity index (χ3v) is 6.49. The zero-order valence-corrected chi connectivity index (χ0v) is 18.0. The van der Waals surface area contributed by atoms with E-state index in [4.69, 9.17) is 16.3 Å². The molecular formula is C23H26ClN3O3. The first kappa shape index (κ1) is 20.5. The monoisotopic (exact) mass is 427 g/mol. The predicted octanol–water partition coefficient (Wildman–Crippen LogP) is 5.20. The normalized spacial score (nSPS) is 20.9. The number of methoxy groups -OCH3 is 1. The molecule has 2 N–H and O–H groups in total. The van der Waals surface area contributed by atoms with Gasteiger partial charge >= 0.3 is 6.03 Å². The van der Waals surface area contributed by atoms with Gasteiger partial charge in [0, 0.05) is 40.0 Å². The molecule has 158 valence electrons. The van der Waals surface area contributed by atoms with E-state index in [1.807, 2.05) is 48.2 Å². The number of halogens is 1. The Morgan fingerprint density at radius 3 is 2.70 bits per heavy atom. The molecule has 30 heavy (non-hydrogen) atoms. The van der Waals surface area contributed by atoms with Crippen LogP contribution in [0.4, 0.5) is 16.2 Å². The van der Waals surface area contributed by atoms with Gasteiger partial charge in [-0.3, -0.25) is 4.79 Å². The number of carbonyl (C=O) groups excluding carboxylic acids is 2. The van der Waals surface area contributed by atoms with Crippen LogP contribution in [0.15, 0.2) is 36.4 Å². The third-order valence-electron chi connectivity index (χ3n) is 6.13. The fourth-order valence-corrected chi connectivity index (χ4v) is 4.59. The largest absolute Gasteiger partial charge is 0.496 e. The first-order valence-electron chi connectivity index (χ1n) is 10.3. The number of hydrogen-bond donors (Lipinski definition) is 2. The summed E-state index contributed by atoms with van der Waals surface area (Å²) in [7, 11) is 1.62. The number of rotatable bonds is 4. The molecule has 1 aliphatic heterocycles. The van der Waals surface area contributed by atoms with Crippen LogP contribution >= 0.6 is 11.6 Å². The second kappa shape index (κ2) is 8.56. The summed E-state index contributed by atoms with van der Waals surface area (Å²) in [5, 5.41) is 6.62. The topological polar surface area (TPSA) is 70.7 Å². The number of fused-ring (bicyclic) bond motifs is 1. The summed E-state index contributed by atoms with van der Waals surface area (Å²) in [5.74, 6) is 0.722. The van der Waals surface area contributed by atoms with E-state index in [1.165, 1.54) is 0 Å². The molecule has 0 saturated heterocycles. The highest BCUT2D eigenvalue weighted by Crippen LogP contribution is 2.35. The zero-order chi connectivity index (χ0) is 21.3. The lowest BCUT2D eigenvalue weighted by atomic mass is 9.84. The summed E-state index contributed by atoms with van der Waals surface area (Å²) < 4.78 is 5.33. The second-order valence-electron chi connectivity index (χ2n) is 8.00. The first-order valence-corrected chi connectivity index (χ1v) is 10.6. The van der Waals surface area contributed by atoms with E-state index < -0.39 is 0 Å². The fourth-order valence-electron chi connectivity index (χ4n) is 4.35. The molecule has 0 radical (unpaired) electrons. The molecule has 6 nitrogen and oxygen atoms in total. The van der Waals surface area contributed by atoms with E-state index in [9.17, 15) is 9.59 Å². The molecule has 0 bridgehead atoms. The maximum absolute atomic E-state index is 12.7. The minimum Gasteiger partial charge on any atom is -0.496 e. The smallest absolute Gasteiger partial charge is 0.322 e. The van der Waals surface area contributed by atoms with Crippen molar-refractivity contribution in [1.82, 2.24) is 4.90 Å². The maximum Gasteiger partial charge on any atom is 0.322 e. The number of amides is 3. The van der Waals surface area contributed by atoms with Gasteiger partial charge in [0.25, 0.3) is 0 Å². The Balaban J connectivity index is 1.36. The number of urea groups is 1. The van der Waals surface area contributed by atoms with Crippen LogP contribution in [-0.2, 0) is 11.3 Å². The summed E-state index contributed by atoms with van der Waals surface area (Å²) in [4.78, 5) is 27.2. The average Bonchev–Trinajstić information content (AvgIpc) is 2.75. The summed E-state index contributed by atoms with van der Waals surface area (Å²) in [6.45, 7) is 2.47. The molecule has 1 heterocycles. The van der Waals surface area contributed by atoms with Crippen LogP contribution in [0, 0.1) is 12.8 Å². The highest BCUT2D eigenvalue weighted by molar-refractivity contribution is 6.32. The summed E-state index contributed by atoms with van der Waals surface area (Å²) in [6, 6.07) is 11.2. The van der Waals surface area contributed by atoms with E-state index in [0.29, 0.717) is 11.6 Å². The van der Waals surface area contributed by atoms with Crippen molar-refractivity contribution in [3.63, 3.8) is 0 Å². The van der Waals surface area contributed by atoms with E-state index in [0.717, 1.165) is 53.9 Å². The van der Waals surface area contributed by atoms with E-state index in [-0.39, 0.29) is 23.9 Å². The molecule has 1 fully saturated rings. The third kappa shape index (κ3) is 4.10. The van der Waals surface area contributed by atoms with Crippen molar-refractivity contribution in [2.45, 2.75) is 45.2 Å². The molecule has 1 aliphatic carbocycles. The highest BCUT2D eigenvalue weighted by Gasteiger charge is 2.34. The van der Waals surface area contributed by atoms with Gasteiger partial charge in [-0.25, -0.2) is 4.79 Å². The van der Waals surface area contributed by atoms with Gasteiger partial charge in [-0.2, -0.15) is 0 Å². The fraction of sp³-hybridized carbons (Fsp3) is 0.391. The van der Waals surface area contributed by atoms with Gasteiger partial charge in [-0.05, 0) is 56.4 Å². The Labute approximate surface area is 181 Å². The lowest BCUT2D eigenvalue weighted by molar-refractivity contribution is -0.121. The van der Waals surface area contributed by atoms with Gasteiger partial charge in [-0.1, -0.05) is 23.7 Å². The predicted molar refractivity (Wildman–Crippen MR) is 118 cm³/mol. The Hall–Kier alpha value is -2.73. The lowest BCUT2D eigenvalue weighted by Gasteiger charge is -2.39. The van der Waals surface area contributed by atoms with Crippen LogP contribution in [0.1, 0.15) is 36.8 Å². The molecule has 7 heteroatoms. The molecule has 2 aromatic carbocycles. The molecule has 0 unspecified atom stereocenters. The van der Waals surface area contributed by atoms with Gasteiger partial charge in [-0.15, -0.1) is 0 Å². The summed E-state index contributed by atoms with van der Waals surface area (Å²) in [5.41, 5.74) is 3.50. The van der Waals surface area contributed by atoms with Crippen LogP contribution in [0.25, 0.3) is 0 Å². The van der Waals surface area contributed by atoms with Crippen LogP contribution in [0.5, 0.6) is 5.75 Å². The quantitative estimate of drug-likeness (QED) is 0.704. The molecule has 1 saturated carbocycles. The molecule has 3 amide bonds. The SMILES string of the molecule is COc1cc(NC(=O)C2CCC(N3Cc4c(Cl)cccc4NC3=O)CC2)ccc1C. The number of hydrogen-bond acceptors (Lipinski definition) is 3. The number of ether oxygens (including phenoxy) is 1. The van der Waals surface area contributed by atoms with E-state index in [1.54, 1.807) is 7.11 Å². The van der Waals surface area contributed by atoms with Crippen LogP contribution in [-0.4, -0.2) is 30.0 Å². The van der Waals surface area contributed by atoms with Gasteiger partial charge in [0.05, 0.1) is 13.7 Å². The first-order chi connectivity index (χ1) is 14.5. The zero-order valence-electron chi connectivity index (χ0n) is 17.2. The summed E-state index contributed by atoms with van der Waals surface area (Å²) >= 11 is 6.33. The van der Waals surface area contributed by atoms with Gasteiger partial charge < -0.3 is 20.3 Å². The number of carbonyl (C=O) groups is 2. The van der Waals surface area contributed by atoms with Crippen molar-refractivity contribution in [1.29, 1.82) is 0 Å². The van der Waals surface area contributed by atoms with Crippen molar-refractivity contribution < 1.29 is 14.3 Å². The second-order valence-corrected chi connectivity index (χ2v) is 8.41. The van der Waals surface area contributed by atoms with Gasteiger partial charge in [0.15, 0.2) is 0 Å².